The van der Waals surface area contributed by atoms with Crippen molar-refractivity contribution in [3.8, 4) is 39.4 Å². The van der Waals surface area contributed by atoms with E-state index in [1.807, 2.05) is 53.6 Å². The number of likely N-dealkylation sites (N-methyl/N-ethyl adjacent to an activating group) is 1. The maximum atomic E-state index is 17.6. The van der Waals surface area contributed by atoms with Crippen LogP contribution in [0.25, 0.3) is 55.4 Å². The van der Waals surface area contributed by atoms with Crippen LogP contribution >= 0.6 is 11.6 Å². The number of hydrogen-bond acceptors (Lipinski definition) is 12. The second-order valence-corrected chi connectivity index (χ2v) is 26.2. The summed E-state index contributed by atoms with van der Waals surface area (Å²) in [6.45, 7) is 22.6. The maximum Gasteiger partial charge on any atom is 0.281 e. The highest BCUT2D eigenvalue weighted by Crippen LogP contribution is 2.50. The molecule has 18 nitrogen and oxygen atoms in total. The zero-order valence-electron chi connectivity index (χ0n) is 55.4. The van der Waals surface area contributed by atoms with E-state index in [1.165, 1.54) is 45.7 Å². The molecule has 0 bridgehead atoms. The molecule has 1 N–H and O–H groups in total. The van der Waals surface area contributed by atoms with Gasteiger partial charge in [0.1, 0.15) is 52.5 Å². The molecule has 4 aliphatic heterocycles. The molecule has 4 aromatic heterocycles. The second-order valence-electron chi connectivity index (χ2n) is 25.8. The van der Waals surface area contributed by atoms with Gasteiger partial charge in [-0.2, -0.15) is 0 Å². The van der Waals surface area contributed by atoms with Gasteiger partial charge in [0.2, 0.25) is 11.8 Å². The van der Waals surface area contributed by atoms with Crippen molar-refractivity contribution in [1.29, 1.82) is 0 Å². The molecule has 0 spiro atoms. The van der Waals surface area contributed by atoms with Gasteiger partial charge in [-0.3, -0.25) is 47.9 Å². The summed E-state index contributed by atoms with van der Waals surface area (Å²) in [5.41, 5.74) is -2.00. The molecule has 4 amide bonds. The highest BCUT2D eigenvalue weighted by molar-refractivity contribution is 6.35. The lowest BCUT2D eigenvalue weighted by Gasteiger charge is -2.50. The van der Waals surface area contributed by atoms with E-state index in [1.54, 1.807) is 60.0 Å². The summed E-state index contributed by atoms with van der Waals surface area (Å²) in [6, 6.07) is 9.44. The number of hydrogen-bond donors (Lipinski definition) is 1. The van der Waals surface area contributed by atoms with Crippen molar-refractivity contribution in [3.63, 3.8) is 0 Å². The van der Waals surface area contributed by atoms with E-state index in [0.29, 0.717) is 41.2 Å². The number of aromatic nitrogens is 4. The van der Waals surface area contributed by atoms with Crippen LogP contribution in [0.2, 0.25) is 5.02 Å². The molecule has 4 aromatic carbocycles. The van der Waals surface area contributed by atoms with E-state index in [4.69, 9.17) is 11.6 Å². The Morgan fingerprint density at radius 2 is 1.07 bits per heavy atom. The predicted octanol–water partition coefficient (Wildman–Crippen LogP) is 11.6. The smallest absolute Gasteiger partial charge is 0.281 e. The number of rotatable bonds is 12. The number of aromatic hydroxyl groups is 1. The van der Waals surface area contributed by atoms with E-state index in [-0.39, 0.29) is 106 Å². The van der Waals surface area contributed by atoms with Gasteiger partial charge in [-0.05, 0) is 138 Å². The lowest BCUT2D eigenvalue weighted by molar-refractivity contribution is -0.132. The zero-order valence-corrected chi connectivity index (χ0v) is 56.1. The minimum atomic E-state index is -1.36. The highest BCUT2D eigenvalue weighted by Gasteiger charge is 2.49. The van der Waals surface area contributed by atoms with E-state index < -0.39 is 116 Å². The van der Waals surface area contributed by atoms with Gasteiger partial charge in [-0.1, -0.05) is 64.6 Å². The zero-order chi connectivity index (χ0) is 70.4. The van der Waals surface area contributed by atoms with Gasteiger partial charge in [0.15, 0.2) is 11.6 Å². The summed E-state index contributed by atoms with van der Waals surface area (Å²) in [6.07, 6.45) is 6.01. The summed E-state index contributed by atoms with van der Waals surface area (Å²) in [5.74, 6) is -9.54. The molecule has 4 aliphatic rings. The Balaban J connectivity index is 0.000000198. The van der Waals surface area contributed by atoms with Crippen LogP contribution in [-0.2, 0) is 19.2 Å². The van der Waals surface area contributed by atoms with Gasteiger partial charge in [0, 0.05) is 67.5 Å². The van der Waals surface area contributed by atoms with Crippen LogP contribution in [0.5, 0.6) is 5.75 Å². The molecule has 12 rings (SSSR count). The lowest BCUT2D eigenvalue weighted by atomic mass is 9.94. The second kappa shape index (κ2) is 26.3. The van der Waals surface area contributed by atoms with E-state index in [0.717, 1.165) is 45.9 Å². The van der Waals surface area contributed by atoms with Crippen LogP contribution < -0.4 is 30.7 Å². The van der Waals surface area contributed by atoms with Gasteiger partial charge >= 0.3 is 0 Å². The molecular weight excluding hydrogens is 1280 g/mol. The molecule has 0 aliphatic carbocycles. The Labute approximate surface area is 560 Å². The highest BCUT2D eigenvalue weighted by atomic mass is 35.5. The van der Waals surface area contributed by atoms with Crippen molar-refractivity contribution in [2.24, 2.45) is 0 Å². The van der Waals surface area contributed by atoms with Crippen LogP contribution in [0, 0.1) is 48.8 Å². The average molecular weight is 1350 g/mol. The third-order valence-corrected chi connectivity index (χ3v) is 18.9. The largest absolute Gasteiger partial charge is 0.507 e. The Morgan fingerprint density at radius 1 is 0.619 bits per heavy atom. The summed E-state index contributed by atoms with van der Waals surface area (Å²) in [7, 11) is 5.21. The summed E-state index contributed by atoms with van der Waals surface area (Å²) >= 11 is 6.87. The van der Waals surface area contributed by atoms with Gasteiger partial charge < -0.3 is 39.4 Å². The molecule has 0 radical (unpaired) electrons. The van der Waals surface area contributed by atoms with Gasteiger partial charge in [-0.15, -0.1) is 0 Å². The number of carbonyl (C=O) groups is 4. The van der Waals surface area contributed by atoms with Crippen LogP contribution in [-0.4, -0.2) is 147 Å². The Hall–Kier alpha value is -9.81. The van der Waals surface area contributed by atoms with E-state index >= 15 is 31.1 Å². The van der Waals surface area contributed by atoms with Crippen molar-refractivity contribution in [3.05, 3.63) is 182 Å². The quantitative estimate of drug-likeness (QED) is 0.0904. The molecule has 8 aromatic rings. The van der Waals surface area contributed by atoms with E-state index in [2.05, 4.69) is 23.1 Å². The van der Waals surface area contributed by atoms with Crippen molar-refractivity contribution in [2.75, 3.05) is 80.0 Å². The molecule has 0 saturated carbocycles. The number of amides is 4. The fourth-order valence-electron chi connectivity index (χ4n) is 14.1. The third kappa shape index (κ3) is 11.3. The van der Waals surface area contributed by atoms with E-state index in [9.17, 15) is 29.1 Å². The summed E-state index contributed by atoms with van der Waals surface area (Å²) < 4.78 is 98.7. The molecule has 97 heavy (non-hydrogen) atoms. The molecule has 4 atom stereocenters. The monoisotopic (exact) mass is 1350 g/mol. The number of fused-ring (bicyclic) bond motifs is 10. The minimum Gasteiger partial charge on any atom is -0.507 e. The van der Waals surface area contributed by atoms with Crippen LogP contribution in [0.15, 0.2) is 108 Å². The number of benzene rings is 4. The number of halogens is 7. The number of phenols is 1. The first-order chi connectivity index (χ1) is 46.0. The number of aryl methyl sites for hydroxylation is 2. The fourth-order valence-corrected chi connectivity index (χ4v) is 14.4. The Bertz CT molecular complexity index is 4750. The number of anilines is 4. The average Bonchev–Trinajstić information content (AvgIpc) is 0.706. The Morgan fingerprint density at radius 3 is 1.56 bits per heavy atom. The summed E-state index contributed by atoms with van der Waals surface area (Å²) in [5, 5.41) is 10.7. The lowest BCUT2D eigenvalue weighted by Crippen LogP contribution is -2.66. The molecule has 506 valence electrons. The van der Waals surface area contributed by atoms with Crippen LogP contribution in [0.3, 0.4) is 0 Å². The standard InChI is InChI=1S/C38H41ClF2N6O4.C34H31F4N5O3/c1-8-28(49)45-19-26-37(50)44(16-10-15-43(6)7)36-35(46(26)18-22(45)5)23-17-24(39)29(30-25(40)11-9-12-27(30)48)31(41)34(23)47(38(36)51)33-21(4)13-14-42-32(33)20(2)3;1-7-24(44)41-15-23-33(45)40(6)32-31(42(23)14-18(41)5)19-13-22(37)26(25-20(35)9-8-10-21(25)36)27(38)30(19)43(34(32)46)29-17(4)11-12-39-28(29)16(2)3/h8-9,11-14,17,20,22,26,48H,1,10,15-16,18-19H2,2-7H3;7-13,16,18,23H,1,14-15H2,2-6H3. The molecular formula is C72H72ClF6N11O7. The summed E-state index contributed by atoms with van der Waals surface area (Å²) in [4.78, 5) is 104. The SMILES string of the molecule is C=CC(=O)N1CC2C(=O)N(C)c3c(c4cc(F)c(-c5c(F)cccc5F)c(F)c4n(-c4c(C)ccnc4C(C)C)c3=O)N2CC1C.C=CC(=O)N1CC2C(=O)N(CCCN(C)C)c3c(c4cc(Cl)c(-c5c(O)cccc5F)c(F)c4n(-c4c(C)ccnc4C(C)C)c3=O)N2CC1C. The molecule has 25 heteroatoms. The van der Waals surface area contributed by atoms with Crippen molar-refractivity contribution >= 4 is 79.8 Å². The first kappa shape index (κ1) is 68.6. The Kier molecular flexibility index (Phi) is 18.6. The van der Waals surface area contributed by atoms with Crippen molar-refractivity contribution in [2.45, 2.75) is 97.8 Å². The van der Waals surface area contributed by atoms with Gasteiger partial charge in [-0.25, -0.2) is 26.3 Å². The predicted molar refractivity (Wildman–Crippen MR) is 364 cm³/mol. The number of phenolic OH excluding ortho intramolecular Hbond substituents is 1. The molecule has 2 saturated heterocycles. The third-order valence-electron chi connectivity index (χ3n) is 18.6. The number of nitrogens with zero attached hydrogens (tertiary/aromatic N) is 11. The topological polar surface area (TPSA) is 181 Å². The molecule has 8 heterocycles. The van der Waals surface area contributed by atoms with Crippen molar-refractivity contribution in [1.82, 2.24) is 33.8 Å². The number of piperazine rings is 2. The normalized spacial score (nSPS) is 17.6. The fraction of sp³-hybridized carbons (Fsp3) is 0.333. The van der Waals surface area contributed by atoms with Crippen LogP contribution in [0.4, 0.5) is 49.1 Å². The number of pyridine rings is 4. The first-order valence-corrected chi connectivity index (χ1v) is 32.0. The van der Waals surface area contributed by atoms with Gasteiger partial charge in [0.25, 0.3) is 22.9 Å². The number of carbonyl (C=O) groups excluding carboxylic acids is 4. The first-order valence-electron chi connectivity index (χ1n) is 31.7. The van der Waals surface area contributed by atoms with Crippen molar-refractivity contribution < 1.29 is 50.6 Å². The van der Waals surface area contributed by atoms with Gasteiger partial charge in [0.05, 0.1) is 80.0 Å². The molecule has 2 fully saturated rings. The molecule has 4 unspecified atom stereocenters. The maximum absolute atomic E-state index is 17.6. The minimum absolute atomic E-state index is 0.00958. The van der Waals surface area contributed by atoms with Crippen LogP contribution in [0.1, 0.15) is 82.3 Å².